The monoisotopic (exact) mass is 483 g/mol. The Kier molecular flexibility index (Phi) is 11.8. The van der Waals surface area contributed by atoms with Gasteiger partial charge in [-0.15, -0.1) is 24.0 Å². The van der Waals surface area contributed by atoms with E-state index in [1.54, 1.807) is 7.05 Å². The Morgan fingerprint density at radius 2 is 2.08 bits per heavy atom. The Bertz CT molecular complexity index is 636. The standard InChI is InChI=1S/C17H29N3O3S.HI/c1-5-10-23-16-8-6-7-15(12-16)13-19-17(18-3)20-14(2)9-11-24(4,21)22;/h6-8,12,14H,5,9-11,13H2,1-4H3,(H2,18,19,20);1H. The molecule has 1 aromatic rings. The van der Waals surface area contributed by atoms with Gasteiger partial charge in [0.2, 0.25) is 0 Å². The van der Waals surface area contributed by atoms with Crippen molar-refractivity contribution in [3.8, 4) is 5.75 Å². The van der Waals surface area contributed by atoms with Crippen LogP contribution in [0.3, 0.4) is 0 Å². The van der Waals surface area contributed by atoms with Crippen molar-refractivity contribution < 1.29 is 13.2 Å². The van der Waals surface area contributed by atoms with E-state index < -0.39 is 9.84 Å². The molecular weight excluding hydrogens is 453 g/mol. The second-order valence-corrected chi connectivity index (χ2v) is 8.15. The predicted octanol–water partition coefficient (Wildman–Crippen LogP) is 2.58. The van der Waals surface area contributed by atoms with Crippen LogP contribution in [0.15, 0.2) is 29.3 Å². The summed E-state index contributed by atoms with van der Waals surface area (Å²) in [6.07, 6.45) is 2.77. The number of halogens is 1. The summed E-state index contributed by atoms with van der Waals surface area (Å²) < 4.78 is 28.1. The Labute approximate surface area is 168 Å². The first-order valence-corrected chi connectivity index (χ1v) is 10.3. The highest BCUT2D eigenvalue weighted by molar-refractivity contribution is 14.0. The number of nitrogens with zero attached hydrogens (tertiary/aromatic N) is 1. The minimum Gasteiger partial charge on any atom is -0.494 e. The average molecular weight is 483 g/mol. The van der Waals surface area contributed by atoms with Gasteiger partial charge in [0, 0.05) is 25.9 Å². The van der Waals surface area contributed by atoms with E-state index in [0.29, 0.717) is 25.5 Å². The van der Waals surface area contributed by atoms with E-state index in [0.717, 1.165) is 17.7 Å². The van der Waals surface area contributed by atoms with Gasteiger partial charge in [-0.25, -0.2) is 8.42 Å². The molecule has 0 bridgehead atoms. The third kappa shape index (κ3) is 11.2. The average Bonchev–Trinajstić information content (AvgIpc) is 2.54. The number of hydrogen-bond donors (Lipinski definition) is 2. The summed E-state index contributed by atoms with van der Waals surface area (Å²) in [5, 5.41) is 6.43. The molecule has 25 heavy (non-hydrogen) atoms. The van der Waals surface area contributed by atoms with Crippen molar-refractivity contribution in [2.45, 2.75) is 39.3 Å². The molecule has 0 aromatic heterocycles. The molecule has 8 heteroatoms. The first-order valence-electron chi connectivity index (χ1n) is 8.20. The molecule has 0 aliphatic rings. The van der Waals surface area contributed by atoms with Crippen molar-refractivity contribution >= 4 is 39.8 Å². The summed E-state index contributed by atoms with van der Waals surface area (Å²) in [7, 11) is -1.25. The highest BCUT2D eigenvalue weighted by Gasteiger charge is 2.09. The Morgan fingerprint density at radius 1 is 1.36 bits per heavy atom. The summed E-state index contributed by atoms with van der Waals surface area (Å²) in [5.74, 6) is 1.67. The van der Waals surface area contributed by atoms with Crippen molar-refractivity contribution in [3.05, 3.63) is 29.8 Å². The maximum Gasteiger partial charge on any atom is 0.191 e. The quantitative estimate of drug-likeness (QED) is 0.321. The number of nitrogens with one attached hydrogen (secondary N) is 2. The zero-order valence-electron chi connectivity index (χ0n) is 15.4. The fourth-order valence-electron chi connectivity index (χ4n) is 2.04. The van der Waals surface area contributed by atoms with E-state index in [1.165, 1.54) is 6.26 Å². The van der Waals surface area contributed by atoms with Gasteiger partial charge in [0.1, 0.15) is 15.6 Å². The SMILES string of the molecule is CCCOc1cccc(CNC(=NC)NC(C)CCS(C)(=O)=O)c1.I. The second kappa shape index (κ2) is 12.3. The number of ether oxygens (including phenoxy) is 1. The molecule has 0 amide bonds. The van der Waals surface area contributed by atoms with Crippen molar-refractivity contribution in [2.75, 3.05) is 25.7 Å². The van der Waals surface area contributed by atoms with Crippen molar-refractivity contribution in [1.29, 1.82) is 0 Å². The van der Waals surface area contributed by atoms with E-state index in [9.17, 15) is 8.42 Å². The lowest BCUT2D eigenvalue weighted by atomic mass is 10.2. The number of guanidine groups is 1. The smallest absolute Gasteiger partial charge is 0.191 e. The Morgan fingerprint density at radius 3 is 2.68 bits per heavy atom. The number of benzene rings is 1. The molecule has 0 saturated heterocycles. The number of hydrogen-bond acceptors (Lipinski definition) is 4. The van der Waals surface area contributed by atoms with Gasteiger partial charge in [-0.1, -0.05) is 19.1 Å². The molecule has 2 N–H and O–H groups in total. The highest BCUT2D eigenvalue weighted by atomic mass is 127. The van der Waals surface area contributed by atoms with Gasteiger partial charge in [0.05, 0.1) is 12.4 Å². The van der Waals surface area contributed by atoms with Crippen LogP contribution in [0.25, 0.3) is 0 Å². The van der Waals surface area contributed by atoms with Crippen LogP contribution in [0.4, 0.5) is 0 Å². The molecule has 0 radical (unpaired) electrons. The lowest BCUT2D eigenvalue weighted by molar-refractivity contribution is 0.317. The molecule has 144 valence electrons. The molecule has 0 saturated carbocycles. The van der Waals surface area contributed by atoms with Crippen LogP contribution in [0.1, 0.15) is 32.3 Å². The third-order valence-electron chi connectivity index (χ3n) is 3.36. The fourth-order valence-corrected chi connectivity index (χ4v) is 2.82. The summed E-state index contributed by atoms with van der Waals surface area (Å²) in [5.41, 5.74) is 1.09. The molecule has 1 aromatic carbocycles. The summed E-state index contributed by atoms with van der Waals surface area (Å²) in [6, 6.07) is 7.95. The van der Waals surface area contributed by atoms with Crippen LogP contribution in [0.5, 0.6) is 5.75 Å². The van der Waals surface area contributed by atoms with Crippen molar-refractivity contribution in [1.82, 2.24) is 10.6 Å². The van der Waals surface area contributed by atoms with Gasteiger partial charge < -0.3 is 15.4 Å². The maximum absolute atomic E-state index is 11.2. The highest BCUT2D eigenvalue weighted by Crippen LogP contribution is 2.13. The predicted molar refractivity (Wildman–Crippen MR) is 115 cm³/mol. The Balaban J connectivity index is 0.00000576. The number of aliphatic imine (C=N–C) groups is 1. The van der Waals surface area contributed by atoms with Gasteiger partial charge in [0.15, 0.2) is 5.96 Å². The van der Waals surface area contributed by atoms with Crippen LogP contribution in [0.2, 0.25) is 0 Å². The van der Waals surface area contributed by atoms with Crippen LogP contribution in [-0.2, 0) is 16.4 Å². The minimum atomic E-state index is -2.94. The minimum absolute atomic E-state index is 0. The molecule has 0 aliphatic carbocycles. The molecule has 1 rings (SSSR count). The number of sulfone groups is 1. The topological polar surface area (TPSA) is 79.8 Å². The lowest BCUT2D eigenvalue weighted by Gasteiger charge is -2.18. The first-order chi connectivity index (χ1) is 11.3. The summed E-state index contributed by atoms with van der Waals surface area (Å²) in [6.45, 7) is 5.34. The van der Waals surface area contributed by atoms with Crippen molar-refractivity contribution in [3.63, 3.8) is 0 Å². The molecule has 1 atom stereocenters. The van der Waals surface area contributed by atoms with E-state index in [1.807, 2.05) is 31.2 Å². The molecule has 6 nitrogen and oxygen atoms in total. The van der Waals surface area contributed by atoms with Gasteiger partial charge >= 0.3 is 0 Å². The van der Waals surface area contributed by atoms with E-state index >= 15 is 0 Å². The zero-order valence-corrected chi connectivity index (χ0v) is 18.6. The van der Waals surface area contributed by atoms with Crippen molar-refractivity contribution in [2.24, 2.45) is 4.99 Å². The fraction of sp³-hybridized carbons (Fsp3) is 0.588. The molecule has 0 aliphatic heterocycles. The molecule has 1 unspecified atom stereocenters. The van der Waals surface area contributed by atoms with E-state index in [2.05, 4.69) is 22.5 Å². The molecule has 0 fully saturated rings. The van der Waals surface area contributed by atoms with Gasteiger partial charge in [-0.2, -0.15) is 0 Å². The zero-order chi connectivity index (χ0) is 18.0. The second-order valence-electron chi connectivity index (χ2n) is 5.89. The molecule has 0 spiro atoms. The van der Waals surface area contributed by atoms with Crippen LogP contribution in [-0.4, -0.2) is 46.1 Å². The van der Waals surface area contributed by atoms with Gasteiger partial charge in [0.25, 0.3) is 0 Å². The summed E-state index contributed by atoms with van der Waals surface area (Å²) >= 11 is 0. The molecule has 0 heterocycles. The largest absolute Gasteiger partial charge is 0.494 e. The first kappa shape index (κ1) is 24.0. The van der Waals surface area contributed by atoms with Crippen LogP contribution in [0, 0.1) is 0 Å². The third-order valence-corrected chi connectivity index (χ3v) is 4.34. The maximum atomic E-state index is 11.2. The Hall–Kier alpha value is -1.03. The van der Waals surface area contributed by atoms with Crippen LogP contribution < -0.4 is 15.4 Å². The number of rotatable bonds is 9. The summed E-state index contributed by atoms with van der Waals surface area (Å²) in [4.78, 5) is 4.17. The molecular formula is C17H30IN3O3S. The van der Waals surface area contributed by atoms with Crippen LogP contribution >= 0.6 is 24.0 Å². The van der Waals surface area contributed by atoms with E-state index in [4.69, 9.17) is 4.74 Å². The van der Waals surface area contributed by atoms with Gasteiger partial charge in [-0.3, -0.25) is 4.99 Å². The lowest BCUT2D eigenvalue weighted by Crippen LogP contribution is -2.42. The normalized spacial score (nSPS) is 12.9. The van der Waals surface area contributed by atoms with Gasteiger partial charge in [-0.05, 0) is 37.5 Å². The van der Waals surface area contributed by atoms with E-state index in [-0.39, 0.29) is 35.8 Å².